The van der Waals surface area contributed by atoms with Crippen LogP contribution in [0.15, 0.2) is 53.1 Å². The van der Waals surface area contributed by atoms with E-state index in [0.717, 1.165) is 12.1 Å². The molecule has 6 nitrogen and oxygen atoms in total. The van der Waals surface area contributed by atoms with Gasteiger partial charge in [-0.25, -0.2) is 13.8 Å². The normalized spacial score (nSPS) is 10.5. The molecule has 0 atom stereocenters. The number of carbonyl (C=O) groups excluding carboxylic acids is 2. The number of nitrogens with one attached hydrogen (secondary N) is 2. The fraction of sp³-hybridized carbons (Fsp3) is 0.105. The highest BCUT2D eigenvalue weighted by molar-refractivity contribution is 6.30. The maximum atomic E-state index is 13.8. The van der Waals surface area contributed by atoms with E-state index < -0.39 is 23.4 Å². The molecule has 0 aliphatic rings. The Balaban J connectivity index is 1.50. The summed E-state index contributed by atoms with van der Waals surface area (Å²) in [7, 11) is 0. The molecule has 0 bridgehead atoms. The van der Waals surface area contributed by atoms with Crippen LogP contribution in [0.2, 0.25) is 5.02 Å². The van der Waals surface area contributed by atoms with Crippen molar-refractivity contribution in [3.63, 3.8) is 0 Å². The van der Waals surface area contributed by atoms with E-state index in [4.69, 9.17) is 16.0 Å². The van der Waals surface area contributed by atoms with E-state index in [-0.39, 0.29) is 30.1 Å². The molecule has 2 amide bonds. The summed E-state index contributed by atoms with van der Waals surface area (Å²) in [6.45, 7) is 0. The Labute approximate surface area is 163 Å². The van der Waals surface area contributed by atoms with Gasteiger partial charge >= 0.3 is 0 Å². The van der Waals surface area contributed by atoms with Crippen LogP contribution in [0.1, 0.15) is 22.7 Å². The van der Waals surface area contributed by atoms with Gasteiger partial charge in [-0.1, -0.05) is 11.6 Å². The fourth-order valence-electron chi connectivity index (χ4n) is 2.32. The second kappa shape index (κ2) is 8.62. The van der Waals surface area contributed by atoms with Gasteiger partial charge in [-0.3, -0.25) is 20.4 Å². The number of rotatable bonds is 5. The lowest BCUT2D eigenvalue weighted by Crippen LogP contribution is -2.41. The number of oxazole rings is 1. The van der Waals surface area contributed by atoms with E-state index in [1.165, 1.54) is 24.4 Å². The summed E-state index contributed by atoms with van der Waals surface area (Å²) < 4.78 is 32.1. The van der Waals surface area contributed by atoms with Gasteiger partial charge in [0, 0.05) is 29.5 Å². The lowest BCUT2D eigenvalue weighted by atomic mass is 10.2. The molecule has 0 radical (unpaired) electrons. The van der Waals surface area contributed by atoms with Gasteiger partial charge in [0.15, 0.2) is 11.7 Å². The highest BCUT2D eigenvalue weighted by Gasteiger charge is 2.13. The highest BCUT2D eigenvalue weighted by atomic mass is 35.5. The molecule has 9 heteroatoms. The minimum atomic E-state index is -0.773. The number of hydrogen-bond acceptors (Lipinski definition) is 4. The fourth-order valence-corrected chi connectivity index (χ4v) is 2.45. The predicted octanol–water partition coefficient (Wildman–Crippen LogP) is 3.67. The monoisotopic (exact) mass is 405 g/mol. The average Bonchev–Trinajstić information content (AvgIpc) is 3.13. The van der Waals surface area contributed by atoms with Crippen LogP contribution in [0, 0.1) is 11.6 Å². The second-order valence-corrected chi connectivity index (χ2v) is 6.19. The molecule has 2 aromatic carbocycles. The maximum Gasteiger partial charge on any atom is 0.269 e. The molecule has 1 aromatic heterocycles. The molecule has 0 spiro atoms. The molecule has 1 heterocycles. The minimum absolute atomic E-state index is 0.0211. The van der Waals surface area contributed by atoms with Gasteiger partial charge in [0.25, 0.3) is 5.91 Å². The number of nitrogens with zero attached hydrogens (tertiary/aromatic N) is 1. The molecule has 2 N–H and O–H groups in total. The molecular weight excluding hydrogens is 392 g/mol. The topological polar surface area (TPSA) is 84.2 Å². The summed E-state index contributed by atoms with van der Waals surface area (Å²) in [4.78, 5) is 27.7. The molecule has 3 rings (SSSR count). The van der Waals surface area contributed by atoms with E-state index in [0.29, 0.717) is 10.6 Å². The summed E-state index contributed by atoms with van der Waals surface area (Å²) in [5.41, 5.74) is 4.96. The zero-order valence-corrected chi connectivity index (χ0v) is 15.1. The second-order valence-electron chi connectivity index (χ2n) is 5.75. The number of aryl methyl sites for hydroxylation is 1. The quantitative estimate of drug-likeness (QED) is 0.634. The minimum Gasteiger partial charge on any atom is -0.441 e. The van der Waals surface area contributed by atoms with Crippen LogP contribution in [-0.4, -0.2) is 16.8 Å². The van der Waals surface area contributed by atoms with Gasteiger partial charge in [0.05, 0.1) is 11.8 Å². The Morgan fingerprint density at radius 2 is 1.82 bits per heavy atom. The summed E-state index contributed by atoms with van der Waals surface area (Å²) in [5.74, 6) is -2.09. The van der Waals surface area contributed by atoms with Gasteiger partial charge in [0.1, 0.15) is 11.6 Å². The number of halogens is 3. The summed E-state index contributed by atoms with van der Waals surface area (Å²) >= 11 is 5.75. The number of amides is 2. The zero-order chi connectivity index (χ0) is 20.1. The lowest BCUT2D eigenvalue weighted by Gasteiger charge is -2.06. The number of hydrazine groups is 1. The van der Waals surface area contributed by atoms with E-state index >= 15 is 0 Å². The largest absolute Gasteiger partial charge is 0.441 e. The molecule has 0 aliphatic carbocycles. The maximum absolute atomic E-state index is 13.8. The Morgan fingerprint density at radius 1 is 1.07 bits per heavy atom. The van der Waals surface area contributed by atoms with E-state index in [1.807, 2.05) is 0 Å². The third-order valence-corrected chi connectivity index (χ3v) is 3.99. The SMILES string of the molecule is O=C(CCc1ncc(-c2ccc(F)cc2F)o1)NNC(=O)c1ccc(Cl)cc1. The first-order valence-electron chi connectivity index (χ1n) is 8.17. The third kappa shape index (κ3) is 4.92. The van der Waals surface area contributed by atoms with E-state index in [1.54, 1.807) is 12.1 Å². The van der Waals surface area contributed by atoms with Gasteiger partial charge in [-0.05, 0) is 36.4 Å². The predicted molar refractivity (Wildman–Crippen MR) is 97.2 cm³/mol. The first-order valence-corrected chi connectivity index (χ1v) is 8.55. The van der Waals surface area contributed by atoms with Crippen LogP contribution in [0.3, 0.4) is 0 Å². The Kier molecular flexibility index (Phi) is 6.00. The number of aromatic nitrogens is 1. The highest BCUT2D eigenvalue weighted by Crippen LogP contribution is 2.24. The first-order chi connectivity index (χ1) is 13.4. The van der Waals surface area contributed by atoms with Crippen molar-refractivity contribution in [2.75, 3.05) is 0 Å². The molecule has 0 fully saturated rings. The Morgan fingerprint density at radius 3 is 2.54 bits per heavy atom. The van der Waals surface area contributed by atoms with Gasteiger partial charge in [-0.15, -0.1) is 0 Å². The standard InChI is InChI=1S/C19H14ClF2N3O3/c20-12-3-1-11(2-4-12)19(27)25-24-17(26)7-8-18-23-10-16(28-18)14-6-5-13(21)9-15(14)22/h1-6,9-10H,7-8H2,(H,24,26)(H,25,27). The van der Waals surface area contributed by atoms with Crippen LogP contribution >= 0.6 is 11.6 Å². The molecule has 0 unspecified atom stereocenters. The van der Waals surface area contributed by atoms with Crippen molar-refractivity contribution < 1.29 is 22.8 Å². The van der Waals surface area contributed by atoms with Crippen molar-refractivity contribution in [2.24, 2.45) is 0 Å². The molecule has 0 saturated heterocycles. The Bertz CT molecular complexity index is 1010. The molecule has 3 aromatic rings. The Hall–Kier alpha value is -3.26. The van der Waals surface area contributed by atoms with Gasteiger partial charge in [-0.2, -0.15) is 0 Å². The van der Waals surface area contributed by atoms with Gasteiger partial charge < -0.3 is 4.42 Å². The van der Waals surface area contributed by atoms with Gasteiger partial charge in [0.2, 0.25) is 5.91 Å². The van der Waals surface area contributed by atoms with Crippen LogP contribution in [0.25, 0.3) is 11.3 Å². The number of carbonyl (C=O) groups is 2. The van der Waals surface area contributed by atoms with Crippen molar-refractivity contribution in [3.05, 3.63) is 76.8 Å². The average molecular weight is 406 g/mol. The third-order valence-electron chi connectivity index (χ3n) is 3.74. The van der Waals surface area contributed by atoms with Crippen LogP contribution in [0.4, 0.5) is 8.78 Å². The summed E-state index contributed by atoms with van der Waals surface area (Å²) in [6.07, 6.45) is 1.41. The van der Waals surface area contributed by atoms with E-state index in [9.17, 15) is 18.4 Å². The zero-order valence-electron chi connectivity index (χ0n) is 14.3. The van der Waals surface area contributed by atoms with Crippen LogP contribution in [-0.2, 0) is 11.2 Å². The molecule has 144 valence electrons. The number of benzene rings is 2. The molecule has 0 saturated carbocycles. The van der Waals surface area contributed by atoms with Crippen molar-refractivity contribution in [3.8, 4) is 11.3 Å². The molecule has 28 heavy (non-hydrogen) atoms. The van der Waals surface area contributed by atoms with Crippen LogP contribution < -0.4 is 10.9 Å². The van der Waals surface area contributed by atoms with Crippen molar-refractivity contribution in [1.29, 1.82) is 0 Å². The van der Waals surface area contributed by atoms with Crippen molar-refractivity contribution in [1.82, 2.24) is 15.8 Å². The first kappa shape index (κ1) is 19.5. The molecule has 0 aliphatic heterocycles. The summed E-state index contributed by atoms with van der Waals surface area (Å²) in [6, 6.07) is 9.25. The summed E-state index contributed by atoms with van der Waals surface area (Å²) in [5, 5.41) is 0.492. The number of hydrogen-bond donors (Lipinski definition) is 2. The van der Waals surface area contributed by atoms with Crippen LogP contribution in [0.5, 0.6) is 0 Å². The van der Waals surface area contributed by atoms with E-state index in [2.05, 4.69) is 15.8 Å². The molecular formula is C19H14ClF2N3O3. The van der Waals surface area contributed by atoms with Crippen molar-refractivity contribution in [2.45, 2.75) is 12.8 Å². The smallest absolute Gasteiger partial charge is 0.269 e. The lowest BCUT2D eigenvalue weighted by molar-refractivity contribution is -0.121. The van der Waals surface area contributed by atoms with Crippen molar-refractivity contribution >= 4 is 23.4 Å².